The van der Waals surface area contributed by atoms with Gasteiger partial charge in [-0.15, -0.1) is 0 Å². The fourth-order valence-corrected chi connectivity index (χ4v) is 2.36. The Bertz CT molecular complexity index is 743. The van der Waals surface area contributed by atoms with Gasteiger partial charge in [0.15, 0.2) is 0 Å². The lowest BCUT2D eigenvalue weighted by atomic mass is 10.0. The number of benzene rings is 1. The van der Waals surface area contributed by atoms with E-state index >= 15 is 0 Å². The second-order valence-corrected chi connectivity index (χ2v) is 4.66. The number of aromatic nitrogens is 3. The fourth-order valence-electron chi connectivity index (χ4n) is 2.36. The lowest BCUT2D eigenvalue weighted by Crippen LogP contribution is -1.98. The molecule has 0 unspecified atom stereocenters. The Morgan fingerprint density at radius 1 is 1.21 bits per heavy atom. The van der Waals surface area contributed by atoms with E-state index in [-0.39, 0.29) is 0 Å². The maximum Gasteiger partial charge on any atom is 0.129 e. The van der Waals surface area contributed by atoms with E-state index in [4.69, 9.17) is 5.73 Å². The van der Waals surface area contributed by atoms with Crippen LogP contribution in [0.15, 0.2) is 36.8 Å². The lowest BCUT2D eigenvalue weighted by molar-refractivity contribution is 0.779. The number of anilines is 1. The van der Waals surface area contributed by atoms with Crippen molar-refractivity contribution in [3.8, 4) is 11.1 Å². The molecule has 2 N–H and O–H groups in total. The largest absolute Gasteiger partial charge is 0.383 e. The van der Waals surface area contributed by atoms with Gasteiger partial charge in [-0.05, 0) is 29.0 Å². The van der Waals surface area contributed by atoms with Crippen molar-refractivity contribution < 1.29 is 0 Å². The quantitative estimate of drug-likeness (QED) is 0.763. The maximum atomic E-state index is 6.02. The molecular formula is C15H16N4. The molecule has 0 aliphatic rings. The Hall–Kier alpha value is -2.36. The molecule has 2 heterocycles. The highest BCUT2D eigenvalue weighted by Crippen LogP contribution is 2.29. The first-order valence-electron chi connectivity index (χ1n) is 6.35. The number of aryl methyl sites for hydroxylation is 2. The third-order valence-electron chi connectivity index (χ3n) is 3.52. The van der Waals surface area contributed by atoms with Gasteiger partial charge in [-0.1, -0.05) is 19.1 Å². The summed E-state index contributed by atoms with van der Waals surface area (Å²) < 4.78 is 1.68. The average molecular weight is 252 g/mol. The zero-order valence-electron chi connectivity index (χ0n) is 11.1. The van der Waals surface area contributed by atoms with Crippen LogP contribution in [0.2, 0.25) is 0 Å². The van der Waals surface area contributed by atoms with Gasteiger partial charge in [0.2, 0.25) is 0 Å². The van der Waals surface area contributed by atoms with E-state index in [1.54, 1.807) is 10.9 Å². The van der Waals surface area contributed by atoms with E-state index in [1.165, 1.54) is 10.9 Å². The van der Waals surface area contributed by atoms with Crippen LogP contribution in [0.4, 0.5) is 5.82 Å². The van der Waals surface area contributed by atoms with E-state index in [9.17, 15) is 0 Å². The van der Waals surface area contributed by atoms with Gasteiger partial charge in [-0.25, -0.2) is 0 Å². The topological polar surface area (TPSA) is 56.7 Å². The smallest absolute Gasteiger partial charge is 0.129 e. The van der Waals surface area contributed by atoms with Crippen LogP contribution in [0.3, 0.4) is 0 Å². The van der Waals surface area contributed by atoms with Crippen LogP contribution in [0, 0.1) is 0 Å². The maximum absolute atomic E-state index is 6.02. The van der Waals surface area contributed by atoms with Gasteiger partial charge in [-0.3, -0.25) is 9.67 Å². The van der Waals surface area contributed by atoms with E-state index in [2.05, 4.69) is 35.2 Å². The standard InChI is InChI=1S/C15H16N4/c1-3-10-7-17-8-12-6-11(4-5-13(10)12)14-9-18-19(2)15(14)16/h4-9H,3,16H2,1-2H3. The van der Waals surface area contributed by atoms with Crippen molar-refractivity contribution in [2.24, 2.45) is 7.05 Å². The Morgan fingerprint density at radius 2 is 2.05 bits per heavy atom. The van der Waals surface area contributed by atoms with E-state index in [0.29, 0.717) is 5.82 Å². The minimum Gasteiger partial charge on any atom is -0.383 e. The average Bonchev–Trinajstić information content (AvgIpc) is 2.77. The van der Waals surface area contributed by atoms with E-state index in [1.807, 2.05) is 19.4 Å². The van der Waals surface area contributed by atoms with Crippen LogP contribution in [-0.2, 0) is 13.5 Å². The third-order valence-corrected chi connectivity index (χ3v) is 3.52. The molecule has 0 bridgehead atoms. The molecule has 3 rings (SSSR count). The van der Waals surface area contributed by atoms with Crippen LogP contribution in [0.1, 0.15) is 12.5 Å². The first-order valence-corrected chi connectivity index (χ1v) is 6.35. The fraction of sp³-hybridized carbons (Fsp3) is 0.200. The van der Waals surface area contributed by atoms with Crippen LogP contribution in [0.25, 0.3) is 21.9 Å². The molecule has 0 radical (unpaired) electrons. The van der Waals surface area contributed by atoms with Crippen LogP contribution < -0.4 is 5.73 Å². The normalized spacial score (nSPS) is 11.1. The molecule has 4 heteroatoms. The van der Waals surface area contributed by atoms with Gasteiger partial charge in [0.1, 0.15) is 5.82 Å². The summed E-state index contributed by atoms with van der Waals surface area (Å²) >= 11 is 0. The summed E-state index contributed by atoms with van der Waals surface area (Å²) in [7, 11) is 1.84. The Kier molecular flexibility index (Phi) is 2.71. The number of hydrogen-bond donors (Lipinski definition) is 1. The summed E-state index contributed by atoms with van der Waals surface area (Å²) in [6.45, 7) is 2.14. The molecule has 0 atom stereocenters. The highest BCUT2D eigenvalue weighted by molar-refractivity contribution is 5.90. The van der Waals surface area contributed by atoms with Crippen molar-refractivity contribution in [2.45, 2.75) is 13.3 Å². The van der Waals surface area contributed by atoms with Gasteiger partial charge >= 0.3 is 0 Å². The summed E-state index contributed by atoms with van der Waals surface area (Å²) in [6.07, 6.45) is 6.61. The second kappa shape index (κ2) is 4.39. The zero-order valence-corrected chi connectivity index (χ0v) is 11.1. The number of pyridine rings is 1. The molecule has 0 saturated carbocycles. The van der Waals surface area contributed by atoms with E-state index < -0.39 is 0 Å². The van der Waals surface area contributed by atoms with Crippen molar-refractivity contribution in [3.05, 3.63) is 42.4 Å². The number of fused-ring (bicyclic) bond motifs is 1. The molecule has 0 spiro atoms. The summed E-state index contributed by atoms with van der Waals surface area (Å²) in [4.78, 5) is 4.29. The Balaban J connectivity index is 2.20. The van der Waals surface area contributed by atoms with Gasteiger partial charge in [0.05, 0.1) is 6.20 Å². The monoisotopic (exact) mass is 252 g/mol. The Labute approximate surface area is 111 Å². The van der Waals surface area contributed by atoms with Gasteiger partial charge in [0.25, 0.3) is 0 Å². The summed E-state index contributed by atoms with van der Waals surface area (Å²) in [5, 5.41) is 6.57. The number of nitrogens with two attached hydrogens (primary N) is 1. The molecule has 0 aliphatic heterocycles. The van der Waals surface area contributed by atoms with Gasteiger partial charge < -0.3 is 5.73 Å². The minimum absolute atomic E-state index is 0.680. The van der Waals surface area contributed by atoms with Crippen molar-refractivity contribution in [3.63, 3.8) is 0 Å². The lowest BCUT2D eigenvalue weighted by Gasteiger charge is -2.06. The summed E-state index contributed by atoms with van der Waals surface area (Å²) in [5.74, 6) is 0.680. The first kappa shape index (κ1) is 11.7. The van der Waals surface area contributed by atoms with E-state index in [0.717, 1.165) is 22.9 Å². The van der Waals surface area contributed by atoms with Crippen LogP contribution in [-0.4, -0.2) is 14.8 Å². The number of rotatable bonds is 2. The molecule has 2 aromatic heterocycles. The molecule has 19 heavy (non-hydrogen) atoms. The van der Waals surface area contributed by atoms with Crippen molar-refractivity contribution >= 4 is 16.6 Å². The van der Waals surface area contributed by atoms with Crippen molar-refractivity contribution in [1.29, 1.82) is 0 Å². The summed E-state index contributed by atoms with van der Waals surface area (Å²) in [6, 6.07) is 6.35. The molecular weight excluding hydrogens is 236 g/mol. The minimum atomic E-state index is 0.680. The highest BCUT2D eigenvalue weighted by Gasteiger charge is 2.08. The van der Waals surface area contributed by atoms with Crippen LogP contribution >= 0.6 is 0 Å². The number of hydrogen-bond acceptors (Lipinski definition) is 3. The number of nitrogens with zero attached hydrogens (tertiary/aromatic N) is 3. The van der Waals surface area contributed by atoms with Crippen molar-refractivity contribution in [1.82, 2.24) is 14.8 Å². The number of nitrogen functional groups attached to an aromatic ring is 1. The predicted molar refractivity (Wildman–Crippen MR) is 77.7 cm³/mol. The predicted octanol–water partition coefficient (Wildman–Crippen LogP) is 2.78. The second-order valence-electron chi connectivity index (χ2n) is 4.66. The Morgan fingerprint density at radius 3 is 2.74 bits per heavy atom. The van der Waals surface area contributed by atoms with Crippen LogP contribution in [0.5, 0.6) is 0 Å². The molecule has 0 fully saturated rings. The zero-order chi connectivity index (χ0) is 13.4. The molecule has 96 valence electrons. The molecule has 0 saturated heterocycles. The van der Waals surface area contributed by atoms with Gasteiger partial charge in [0, 0.05) is 30.4 Å². The molecule has 1 aromatic carbocycles. The molecule has 4 nitrogen and oxygen atoms in total. The molecule has 0 amide bonds. The van der Waals surface area contributed by atoms with Crippen molar-refractivity contribution in [2.75, 3.05) is 5.73 Å². The molecule has 3 aromatic rings. The van der Waals surface area contributed by atoms with Gasteiger partial charge in [-0.2, -0.15) is 5.10 Å². The SMILES string of the molecule is CCc1cncc2cc(-c3cnn(C)c3N)ccc12. The first-order chi connectivity index (χ1) is 9.20. The third kappa shape index (κ3) is 1.85. The summed E-state index contributed by atoms with van der Waals surface area (Å²) in [5.41, 5.74) is 9.33. The highest BCUT2D eigenvalue weighted by atomic mass is 15.3. The molecule has 0 aliphatic carbocycles.